The molecule has 1 aromatic rings. The summed E-state index contributed by atoms with van der Waals surface area (Å²) in [6.07, 6.45) is -6.70. The summed E-state index contributed by atoms with van der Waals surface area (Å²) >= 11 is 5.80. The number of alkyl halides is 3. The van der Waals surface area contributed by atoms with Crippen LogP contribution < -0.4 is 14.6 Å². The third-order valence-corrected chi connectivity index (χ3v) is 2.92. The molecule has 0 spiro atoms. The molecule has 0 aliphatic carbocycles. The van der Waals surface area contributed by atoms with Crippen molar-refractivity contribution < 1.29 is 32.5 Å². The van der Waals surface area contributed by atoms with Gasteiger partial charge in [-0.3, -0.25) is 0 Å². The van der Waals surface area contributed by atoms with Crippen LogP contribution in [0.3, 0.4) is 0 Å². The van der Waals surface area contributed by atoms with Crippen molar-refractivity contribution in [2.24, 2.45) is 0 Å². The number of aliphatic carboxylic acids is 1. The van der Waals surface area contributed by atoms with Gasteiger partial charge >= 0.3 is 6.18 Å². The third kappa shape index (κ3) is 2.53. The zero-order chi connectivity index (χ0) is 15.1. The van der Waals surface area contributed by atoms with Crippen LogP contribution in [-0.2, 0) is 4.79 Å². The van der Waals surface area contributed by atoms with Gasteiger partial charge in [-0.1, -0.05) is 11.6 Å². The van der Waals surface area contributed by atoms with Gasteiger partial charge in [0, 0.05) is 17.2 Å². The van der Waals surface area contributed by atoms with Gasteiger partial charge in [-0.05, 0) is 12.1 Å². The molecule has 0 N–H and O–H groups in total. The van der Waals surface area contributed by atoms with Crippen molar-refractivity contribution in [3.05, 3.63) is 28.3 Å². The van der Waals surface area contributed by atoms with Crippen molar-refractivity contribution in [3.63, 3.8) is 0 Å². The highest BCUT2D eigenvalue weighted by atomic mass is 35.5. The fourth-order valence-corrected chi connectivity index (χ4v) is 2.03. The molecule has 0 fully saturated rings. The van der Waals surface area contributed by atoms with E-state index in [4.69, 9.17) is 21.1 Å². The number of hydrogen-bond acceptors (Lipinski definition) is 4. The number of benzene rings is 1. The molecule has 4 nitrogen and oxygen atoms in total. The summed E-state index contributed by atoms with van der Waals surface area (Å²) in [5.74, 6) is -1.95. The Labute approximate surface area is 116 Å². The molecule has 8 heteroatoms. The Balaban J connectivity index is 2.60. The second-order valence-electron chi connectivity index (χ2n) is 3.95. The second kappa shape index (κ2) is 4.90. The normalized spacial score (nSPS) is 17.9. The molecule has 0 saturated carbocycles. The van der Waals surface area contributed by atoms with Crippen molar-refractivity contribution in [1.29, 1.82) is 0 Å². The molecule has 0 saturated heterocycles. The van der Waals surface area contributed by atoms with Gasteiger partial charge in [0.05, 0.1) is 18.1 Å². The van der Waals surface area contributed by atoms with Gasteiger partial charge in [-0.25, -0.2) is 0 Å². The molecular weight excluding hydrogens is 301 g/mol. The van der Waals surface area contributed by atoms with Gasteiger partial charge in [0.1, 0.15) is 11.5 Å². The molecule has 0 bridgehead atoms. The average molecular weight is 308 g/mol. The van der Waals surface area contributed by atoms with Gasteiger partial charge < -0.3 is 19.4 Å². The van der Waals surface area contributed by atoms with E-state index in [1.807, 2.05) is 0 Å². The lowest BCUT2D eigenvalue weighted by Gasteiger charge is -2.30. The molecular formula is C12H7ClF3O4-. The highest BCUT2D eigenvalue weighted by Crippen LogP contribution is 2.42. The smallest absolute Gasteiger partial charge is 0.429 e. The lowest BCUT2D eigenvalue weighted by molar-refractivity contribution is -0.302. The zero-order valence-electron chi connectivity index (χ0n) is 9.95. The number of carbonyl (C=O) groups excluding carboxylic acids is 1. The monoisotopic (exact) mass is 307 g/mol. The number of carboxylic acid groups (broad SMARTS) is 1. The van der Waals surface area contributed by atoms with E-state index in [1.165, 1.54) is 19.2 Å². The summed E-state index contributed by atoms with van der Waals surface area (Å²) in [6, 6.07) is 2.59. The summed E-state index contributed by atoms with van der Waals surface area (Å²) in [5.41, 5.74) is -0.941. The predicted octanol–water partition coefficient (Wildman–Crippen LogP) is 1.81. The minimum Gasteiger partial charge on any atom is -0.545 e. The Morgan fingerprint density at radius 3 is 2.60 bits per heavy atom. The molecule has 0 aromatic heterocycles. The van der Waals surface area contributed by atoms with Crippen LogP contribution in [-0.4, -0.2) is 25.4 Å². The highest BCUT2D eigenvalue weighted by Gasteiger charge is 2.46. The third-order valence-electron chi connectivity index (χ3n) is 2.64. The van der Waals surface area contributed by atoms with Crippen molar-refractivity contribution in [1.82, 2.24) is 0 Å². The van der Waals surface area contributed by atoms with Crippen LogP contribution >= 0.6 is 11.6 Å². The van der Waals surface area contributed by atoms with E-state index in [0.717, 1.165) is 6.08 Å². The SMILES string of the molecule is COc1cc(Cl)c2c(c1)C=C(C(=O)[O-])[C@@H](C(F)(F)F)O2. The van der Waals surface area contributed by atoms with Gasteiger partial charge in [0.15, 0.2) is 0 Å². The largest absolute Gasteiger partial charge is 0.545 e. The van der Waals surface area contributed by atoms with Crippen LogP contribution in [0.15, 0.2) is 17.7 Å². The molecule has 108 valence electrons. The van der Waals surface area contributed by atoms with E-state index in [1.54, 1.807) is 0 Å². The quantitative estimate of drug-likeness (QED) is 0.836. The zero-order valence-corrected chi connectivity index (χ0v) is 10.7. The summed E-state index contributed by atoms with van der Waals surface area (Å²) in [5, 5.41) is 10.7. The predicted molar refractivity (Wildman–Crippen MR) is 61.5 cm³/mol. The maximum absolute atomic E-state index is 12.8. The van der Waals surface area contributed by atoms with Crippen molar-refractivity contribution in [2.75, 3.05) is 7.11 Å². The number of ether oxygens (including phenoxy) is 2. The minimum absolute atomic E-state index is 0.0778. The first-order valence-electron chi connectivity index (χ1n) is 5.28. The highest BCUT2D eigenvalue weighted by molar-refractivity contribution is 6.32. The maximum atomic E-state index is 12.8. The first kappa shape index (κ1) is 14.5. The van der Waals surface area contributed by atoms with Crippen molar-refractivity contribution in [3.8, 4) is 11.5 Å². The number of hydrogen-bond donors (Lipinski definition) is 0. The lowest BCUT2D eigenvalue weighted by Crippen LogP contribution is -2.44. The first-order chi connectivity index (χ1) is 9.24. The summed E-state index contributed by atoms with van der Waals surface area (Å²) < 4.78 is 48.0. The number of halogens is 4. The number of fused-ring (bicyclic) bond motifs is 1. The molecule has 0 radical (unpaired) electrons. The van der Waals surface area contributed by atoms with Crippen LogP contribution in [0.1, 0.15) is 5.56 Å². The summed E-state index contributed by atoms with van der Waals surface area (Å²) in [6.45, 7) is 0. The van der Waals surface area contributed by atoms with Crippen LogP contribution in [0.4, 0.5) is 13.2 Å². The summed E-state index contributed by atoms with van der Waals surface area (Å²) in [7, 11) is 1.34. The molecule has 0 amide bonds. The number of methoxy groups -OCH3 is 1. The Morgan fingerprint density at radius 1 is 1.45 bits per heavy atom. The molecule has 2 rings (SSSR count). The molecule has 1 aromatic carbocycles. The average Bonchev–Trinajstić information content (AvgIpc) is 2.35. The number of carboxylic acids is 1. The van der Waals surface area contributed by atoms with Crippen molar-refractivity contribution in [2.45, 2.75) is 12.3 Å². The van der Waals surface area contributed by atoms with Gasteiger partial charge in [0.25, 0.3) is 0 Å². The Bertz CT molecular complexity index is 595. The van der Waals surface area contributed by atoms with Gasteiger partial charge in [-0.15, -0.1) is 0 Å². The molecule has 20 heavy (non-hydrogen) atoms. The topological polar surface area (TPSA) is 58.6 Å². The standard InChI is InChI=1S/C12H8ClF3O4/c1-19-6-2-5-3-7(11(17)18)10(12(14,15)16)20-9(5)8(13)4-6/h2-4,10H,1H3,(H,17,18)/p-1/t10-/m0/s1. The van der Waals surface area contributed by atoms with E-state index in [2.05, 4.69) is 0 Å². The van der Waals surface area contributed by atoms with Crippen LogP contribution in [0, 0.1) is 0 Å². The van der Waals surface area contributed by atoms with Crippen LogP contribution in [0.25, 0.3) is 6.08 Å². The number of rotatable bonds is 2. The fraction of sp³-hybridized carbons (Fsp3) is 0.250. The first-order valence-corrected chi connectivity index (χ1v) is 5.65. The lowest BCUT2D eigenvalue weighted by atomic mass is 10.0. The van der Waals surface area contributed by atoms with E-state index in [9.17, 15) is 23.1 Å². The van der Waals surface area contributed by atoms with Crippen LogP contribution in [0.2, 0.25) is 5.02 Å². The maximum Gasteiger partial charge on any atom is 0.429 e. The fourth-order valence-electron chi connectivity index (χ4n) is 1.77. The Morgan fingerprint density at radius 2 is 2.10 bits per heavy atom. The van der Waals surface area contributed by atoms with E-state index in [-0.39, 0.29) is 22.1 Å². The second-order valence-corrected chi connectivity index (χ2v) is 4.36. The molecule has 1 atom stereocenters. The number of carbonyl (C=O) groups is 1. The Kier molecular flexibility index (Phi) is 3.56. The van der Waals surface area contributed by atoms with E-state index >= 15 is 0 Å². The molecule has 1 aliphatic heterocycles. The molecule has 0 unspecified atom stereocenters. The van der Waals surface area contributed by atoms with Crippen LogP contribution in [0.5, 0.6) is 11.5 Å². The molecule has 1 aliphatic rings. The van der Waals surface area contributed by atoms with E-state index in [0.29, 0.717) is 0 Å². The summed E-state index contributed by atoms with van der Waals surface area (Å²) in [4.78, 5) is 10.8. The Hall–Kier alpha value is -1.89. The molecule has 1 heterocycles. The van der Waals surface area contributed by atoms with Crippen molar-refractivity contribution >= 4 is 23.6 Å². The minimum atomic E-state index is -4.90. The van der Waals surface area contributed by atoms with Gasteiger partial charge in [-0.2, -0.15) is 13.2 Å². The van der Waals surface area contributed by atoms with Gasteiger partial charge in [0.2, 0.25) is 6.10 Å². The van der Waals surface area contributed by atoms with E-state index < -0.39 is 23.8 Å².